The predicted octanol–water partition coefficient (Wildman–Crippen LogP) is -1.20. The normalized spacial score (nSPS) is 15.3. The van der Waals surface area contributed by atoms with Crippen LogP contribution in [0.25, 0.3) is 0 Å². The second-order valence-electron chi connectivity index (χ2n) is 5.73. The summed E-state index contributed by atoms with van der Waals surface area (Å²) in [4.78, 5) is 46.2. The topological polar surface area (TPSA) is 211 Å². The molecule has 26 heavy (non-hydrogen) atoms. The van der Waals surface area contributed by atoms with Gasteiger partial charge in [0.15, 0.2) is 11.3 Å². The molecule has 0 aliphatic rings. The Morgan fingerprint density at radius 2 is 1.73 bits per heavy atom. The van der Waals surface area contributed by atoms with Crippen molar-refractivity contribution in [3.8, 4) is 0 Å². The smallest absolute Gasteiger partial charge is 0.332 e. The Bertz CT molecular complexity index is 733. The van der Waals surface area contributed by atoms with Crippen LogP contribution in [-0.4, -0.2) is 51.6 Å². The van der Waals surface area contributed by atoms with Crippen LogP contribution in [0.15, 0.2) is 24.3 Å². The van der Waals surface area contributed by atoms with Crippen LogP contribution in [-0.2, 0) is 19.2 Å². The average molecular weight is 364 g/mol. The number of hydrogen-bond donors (Lipinski definition) is 6. The van der Waals surface area contributed by atoms with Crippen molar-refractivity contribution in [2.75, 3.05) is 0 Å². The molecule has 0 spiro atoms. The molecule has 0 aliphatic carbocycles. The van der Waals surface area contributed by atoms with Gasteiger partial charge in [-0.25, -0.2) is 4.79 Å². The van der Waals surface area contributed by atoms with E-state index in [4.69, 9.17) is 27.7 Å². The first-order valence-electron chi connectivity index (χ1n) is 7.47. The number of nitrogens with two attached hydrogens (primary N) is 3. The maximum Gasteiger partial charge on any atom is 0.332 e. The number of Topliss-reactive ketones (excluding diaryl/α,β-unsaturated/α-hetero) is 1. The highest BCUT2D eigenvalue weighted by molar-refractivity contribution is 6.11. The summed E-state index contributed by atoms with van der Waals surface area (Å²) in [6, 6.07) is 3.96. The van der Waals surface area contributed by atoms with Crippen LogP contribution >= 0.6 is 0 Å². The van der Waals surface area contributed by atoms with E-state index in [1.807, 2.05) is 0 Å². The minimum Gasteiger partial charge on any atom is -0.481 e. The number of benzene rings is 1. The number of ketones is 1. The Balaban J connectivity index is 3.47. The number of nitrogen functional groups attached to an aromatic ring is 1. The van der Waals surface area contributed by atoms with Gasteiger partial charge in [-0.3, -0.25) is 15.0 Å². The Labute approximate surface area is 148 Å². The minimum absolute atomic E-state index is 0.147. The minimum atomic E-state index is -2.65. The van der Waals surface area contributed by atoms with Gasteiger partial charge in [-0.15, -0.1) is 0 Å². The van der Waals surface area contributed by atoms with Gasteiger partial charge in [0.25, 0.3) is 0 Å². The molecule has 0 heterocycles. The Morgan fingerprint density at radius 1 is 1.19 bits per heavy atom. The number of aliphatic carboxylic acids is 2. The molecule has 0 fully saturated rings. The molecule has 1 aromatic rings. The van der Waals surface area contributed by atoms with E-state index in [0.29, 0.717) is 11.8 Å². The van der Waals surface area contributed by atoms with Gasteiger partial charge in [-0.2, -0.15) is 0 Å². The van der Waals surface area contributed by atoms with Gasteiger partial charge in [-0.1, -0.05) is 24.3 Å². The van der Waals surface area contributed by atoms with E-state index in [2.05, 4.69) is 0 Å². The van der Waals surface area contributed by atoms with Crippen LogP contribution in [0, 0.1) is 5.41 Å². The number of carbonyl (C=O) groups excluding carboxylic acids is 2. The Kier molecular flexibility index (Phi) is 6.70. The number of aldehydes is 1. The van der Waals surface area contributed by atoms with E-state index in [1.54, 1.807) is 0 Å². The number of amidine groups is 1. The average Bonchev–Trinajstić information content (AvgIpc) is 2.58. The monoisotopic (exact) mass is 364 g/mol. The lowest BCUT2D eigenvalue weighted by atomic mass is 9.73. The molecule has 10 heteroatoms. The number of carboxylic acids is 2. The van der Waals surface area contributed by atoms with Crippen LogP contribution in [0.2, 0.25) is 0 Å². The number of hydrogen-bond acceptors (Lipinski definition) is 7. The van der Waals surface area contributed by atoms with Crippen molar-refractivity contribution in [1.29, 1.82) is 5.41 Å². The zero-order valence-electron chi connectivity index (χ0n) is 13.7. The summed E-state index contributed by atoms with van der Waals surface area (Å²) < 4.78 is 0. The van der Waals surface area contributed by atoms with Gasteiger partial charge in [-0.05, 0) is 5.56 Å². The molecule has 10 nitrogen and oxygen atoms in total. The van der Waals surface area contributed by atoms with Crippen molar-refractivity contribution in [1.82, 2.24) is 0 Å². The predicted molar refractivity (Wildman–Crippen MR) is 90.7 cm³/mol. The number of nitrogens with one attached hydrogen (secondary N) is 1. The molecule has 3 unspecified atom stereocenters. The van der Waals surface area contributed by atoms with Crippen molar-refractivity contribution in [3.63, 3.8) is 0 Å². The molecular weight excluding hydrogens is 344 g/mol. The molecule has 0 radical (unpaired) electrons. The number of rotatable bonds is 10. The molecule has 0 aromatic heterocycles. The van der Waals surface area contributed by atoms with Crippen molar-refractivity contribution in [3.05, 3.63) is 35.4 Å². The molecule has 1 rings (SSSR count). The lowest BCUT2D eigenvalue weighted by molar-refractivity contribution is -0.151. The lowest BCUT2D eigenvalue weighted by Crippen LogP contribution is -2.64. The summed E-state index contributed by atoms with van der Waals surface area (Å²) in [5.41, 5.74) is 14.6. The highest BCUT2D eigenvalue weighted by atomic mass is 16.4. The van der Waals surface area contributed by atoms with Crippen molar-refractivity contribution in [2.45, 2.75) is 30.3 Å². The second-order valence-corrected chi connectivity index (χ2v) is 5.73. The van der Waals surface area contributed by atoms with E-state index in [9.17, 15) is 24.3 Å². The summed E-state index contributed by atoms with van der Waals surface area (Å²) in [7, 11) is 0. The van der Waals surface area contributed by atoms with Crippen LogP contribution in [0.5, 0.6) is 0 Å². The van der Waals surface area contributed by atoms with Gasteiger partial charge >= 0.3 is 11.9 Å². The van der Waals surface area contributed by atoms with Gasteiger partial charge in [0.05, 0.1) is 12.5 Å². The maximum absolute atomic E-state index is 12.5. The first-order valence-corrected chi connectivity index (χ1v) is 7.47. The summed E-state index contributed by atoms with van der Waals surface area (Å²) in [6.07, 6.45) is -0.866. The number of carbonyl (C=O) groups is 4. The summed E-state index contributed by atoms with van der Waals surface area (Å²) in [5.74, 6) is -5.99. The van der Waals surface area contributed by atoms with E-state index < -0.39 is 48.1 Å². The van der Waals surface area contributed by atoms with Crippen LogP contribution in [0.3, 0.4) is 0 Å². The summed E-state index contributed by atoms with van der Waals surface area (Å²) in [6.45, 7) is 0. The third-order valence-corrected chi connectivity index (χ3v) is 4.00. The fourth-order valence-electron chi connectivity index (χ4n) is 2.55. The molecule has 140 valence electrons. The van der Waals surface area contributed by atoms with Crippen molar-refractivity contribution < 1.29 is 29.4 Å². The van der Waals surface area contributed by atoms with Crippen molar-refractivity contribution >= 4 is 29.8 Å². The zero-order valence-corrected chi connectivity index (χ0v) is 13.7. The quantitative estimate of drug-likeness (QED) is 0.127. The van der Waals surface area contributed by atoms with E-state index in [0.717, 1.165) is 0 Å². The van der Waals surface area contributed by atoms with Gasteiger partial charge in [0.2, 0.25) is 0 Å². The van der Waals surface area contributed by atoms with Crippen LogP contribution < -0.4 is 17.2 Å². The van der Waals surface area contributed by atoms with Gasteiger partial charge in [0, 0.05) is 17.9 Å². The SMILES string of the molecule is N=C(N)c1ccc(C(CC(=O)O)C(N)(C(=O)O)C(=O)C(N)CC=O)cc1. The molecule has 0 amide bonds. The van der Waals surface area contributed by atoms with Gasteiger partial charge in [0.1, 0.15) is 12.1 Å². The molecule has 0 aliphatic heterocycles. The molecule has 9 N–H and O–H groups in total. The highest BCUT2D eigenvalue weighted by Gasteiger charge is 2.51. The zero-order chi connectivity index (χ0) is 20.1. The molecule has 3 atom stereocenters. The summed E-state index contributed by atoms with van der Waals surface area (Å²) in [5, 5.41) is 26.1. The van der Waals surface area contributed by atoms with Crippen LogP contribution in [0.1, 0.15) is 29.9 Å². The lowest BCUT2D eigenvalue weighted by Gasteiger charge is -2.33. The molecule has 1 aromatic carbocycles. The number of carboxylic acid groups (broad SMARTS) is 2. The molecule has 0 bridgehead atoms. The Morgan fingerprint density at radius 3 is 2.12 bits per heavy atom. The first-order chi connectivity index (χ1) is 12.0. The van der Waals surface area contributed by atoms with Crippen LogP contribution in [0.4, 0.5) is 0 Å². The standard InChI is InChI=1S/C16H20N4O6/c17-11(5-6-21)13(24)16(20,15(25)26)10(7-12(22)23)8-1-3-9(4-2-8)14(18)19/h1-4,6,10-11H,5,7,17,20H2,(H3,18,19)(H,22,23)(H,25,26). The first kappa shape index (κ1) is 20.9. The van der Waals surface area contributed by atoms with E-state index in [-0.39, 0.29) is 11.4 Å². The third-order valence-electron chi connectivity index (χ3n) is 4.00. The summed E-state index contributed by atoms with van der Waals surface area (Å²) >= 11 is 0. The fourth-order valence-corrected chi connectivity index (χ4v) is 2.55. The molecular formula is C16H20N4O6. The maximum atomic E-state index is 12.5. The van der Waals surface area contributed by atoms with Gasteiger partial charge < -0.3 is 32.2 Å². The third kappa shape index (κ3) is 4.29. The van der Waals surface area contributed by atoms with E-state index in [1.165, 1.54) is 24.3 Å². The Hall–Kier alpha value is -3.11. The molecule has 0 saturated carbocycles. The van der Waals surface area contributed by atoms with E-state index >= 15 is 0 Å². The molecule has 0 saturated heterocycles. The van der Waals surface area contributed by atoms with Crippen molar-refractivity contribution in [2.24, 2.45) is 17.2 Å². The fraction of sp³-hybridized carbons (Fsp3) is 0.312. The largest absolute Gasteiger partial charge is 0.481 e. The second kappa shape index (κ2) is 8.32. The highest BCUT2D eigenvalue weighted by Crippen LogP contribution is 2.32.